The molecule has 0 spiro atoms. The lowest BCUT2D eigenvalue weighted by molar-refractivity contribution is 0.669. The van der Waals surface area contributed by atoms with Gasteiger partial charge in [0, 0.05) is 43.4 Å². The number of hydrogen-bond acceptors (Lipinski definition) is 2. The smallest absolute Gasteiger partial charge is 0.136 e. The van der Waals surface area contributed by atoms with Crippen molar-refractivity contribution in [2.24, 2.45) is 0 Å². The Kier molecular flexibility index (Phi) is 5.32. The van der Waals surface area contributed by atoms with E-state index in [2.05, 4.69) is 155 Å². The zero-order valence-corrected chi connectivity index (χ0v) is 25.2. The summed E-state index contributed by atoms with van der Waals surface area (Å²) in [5.41, 5.74) is 10.5. The van der Waals surface area contributed by atoms with Crippen LogP contribution >= 0.6 is 0 Å². The molecule has 0 unspecified atom stereocenters. The minimum atomic E-state index is 0.625. The molecule has 47 heavy (non-hydrogen) atoms. The molecule has 0 radical (unpaired) electrons. The molecule has 0 saturated heterocycles. The van der Waals surface area contributed by atoms with Gasteiger partial charge in [-0.15, -0.1) is 0 Å². The van der Waals surface area contributed by atoms with Crippen molar-refractivity contribution >= 4 is 65.6 Å². The van der Waals surface area contributed by atoms with E-state index in [1.165, 1.54) is 10.8 Å². The SMILES string of the molecule is N#Cc1c(-c2ccccc2-n2c3ccccc3c3ccccc32)cccc1-n1c2ccccc2c2c3c(ccc21)oc1ccccc13. The van der Waals surface area contributed by atoms with Gasteiger partial charge in [-0.05, 0) is 48.5 Å². The third-order valence-electron chi connectivity index (χ3n) is 9.59. The normalized spacial score (nSPS) is 11.8. The van der Waals surface area contributed by atoms with Crippen LogP contribution in [0.15, 0.2) is 156 Å². The maximum Gasteiger partial charge on any atom is 0.136 e. The summed E-state index contributed by atoms with van der Waals surface area (Å²) >= 11 is 0. The zero-order chi connectivity index (χ0) is 31.1. The third kappa shape index (κ3) is 3.51. The summed E-state index contributed by atoms with van der Waals surface area (Å²) in [4.78, 5) is 0. The van der Waals surface area contributed by atoms with Crippen molar-refractivity contribution in [3.63, 3.8) is 0 Å². The van der Waals surface area contributed by atoms with Crippen LogP contribution in [0.25, 0.3) is 88.1 Å². The number of hydrogen-bond donors (Lipinski definition) is 0. The quantitative estimate of drug-likeness (QED) is 0.203. The van der Waals surface area contributed by atoms with Crippen molar-refractivity contribution in [2.75, 3.05) is 0 Å². The van der Waals surface area contributed by atoms with Crippen LogP contribution in [0.2, 0.25) is 0 Å². The van der Waals surface area contributed by atoms with Gasteiger partial charge in [-0.1, -0.05) is 103 Å². The Hall–Kier alpha value is -6.57. The van der Waals surface area contributed by atoms with Crippen LogP contribution in [0.1, 0.15) is 5.56 Å². The Morgan fingerprint density at radius 1 is 0.404 bits per heavy atom. The van der Waals surface area contributed by atoms with Crippen molar-refractivity contribution in [3.05, 3.63) is 157 Å². The monoisotopic (exact) mass is 599 g/mol. The topological polar surface area (TPSA) is 46.8 Å². The fourth-order valence-electron chi connectivity index (χ4n) is 7.68. The Labute approximate surface area is 269 Å². The number of furan rings is 1. The third-order valence-corrected chi connectivity index (χ3v) is 9.59. The lowest BCUT2D eigenvalue weighted by Gasteiger charge is -2.17. The minimum absolute atomic E-state index is 0.625. The highest BCUT2D eigenvalue weighted by Crippen LogP contribution is 2.43. The van der Waals surface area contributed by atoms with Gasteiger partial charge < -0.3 is 13.6 Å². The van der Waals surface area contributed by atoms with Gasteiger partial charge in [0.15, 0.2) is 0 Å². The highest BCUT2D eigenvalue weighted by molar-refractivity contribution is 6.27. The number of nitriles is 1. The summed E-state index contributed by atoms with van der Waals surface area (Å²) in [6, 6.07) is 55.2. The molecule has 10 rings (SSSR count). The van der Waals surface area contributed by atoms with Crippen molar-refractivity contribution in [1.82, 2.24) is 9.13 Å². The number of aromatic nitrogens is 2. The van der Waals surface area contributed by atoms with Crippen molar-refractivity contribution in [3.8, 4) is 28.6 Å². The lowest BCUT2D eigenvalue weighted by Crippen LogP contribution is -2.02. The molecule has 0 N–H and O–H groups in total. The standard InChI is InChI=1S/C43H25N3O/c44-26-33-27(28-12-1-6-18-34(28)45-35-19-7-2-13-29(35)30-14-3-8-20-36(30)45)17-11-22-38(33)46-37-21-9-4-15-31(37)42-39(46)24-25-41-43(42)32-16-5-10-23-40(32)47-41/h1-25H. The van der Waals surface area contributed by atoms with Gasteiger partial charge in [0.2, 0.25) is 0 Å². The van der Waals surface area contributed by atoms with Crippen LogP contribution in [-0.2, 0) is 0 Å². The molecular formula is C43H25N3O. The molecule has 0 aliphatic heterocycles. The van der Waals surface area contributed by atoms with Crippen molar-refractivity contribution in [2.45, 2.75) is 0 Å². The fraction of sp³-hybridized carbons (Fsp3) is 0. The maximum atomic E-state index is 11.0. The second-order valence-corrected chi connectivity index (χ2v) is 12.0. The number of benzene rings is 7. The molecule has 0 atom stereocenters. The highest BCUT2D eigenvalue weighted by Gasteiger charge is 2.22. The van der Waals surface area contributed by atoms with E-state index in [-0.39, 0.29) is 0 Å². The molecule has 4 nitrogen and oxygen atoms in total. The molecule has 4 heteroatoms. The van der Waals surface area contributed by atoms with Gasteiger partial charge in [-0.25, -0.2) is 0 Å². The van der Waals surface area contributed by atoms with E-state index in [9.17, 15) is 5.26 Å². The predicted molar refractivity (Wildman–Crippen MR) is 193 cm³/mol. The number of fused-ring (bicyclic) bond motifs is 10. The van der Waals surface area contributed by atoms with Gasteiger partial charge in [0.05, 0.1) is 39.0 Å². The minimum Gasteiger partial charge on any atom is -0.456 e. The summed E-state index contributed by atoms with van der Waals surface area (Å²) in [7, 11) is 0. The number of rotatable bonds is 3. The Bertz CT molecular complexity index is 2880. The molecular weight excluding hydrogens is 574 g/mol. The van der Waals surface area contributed by atoms with E-state index >= 15 is 0 Å². The van der Waals surface area contributed by atoms with Gasteiger partial charge in [-0.3, -0.25) is 0 Å². The molecule has 0 aliphatic carbocycles. The summed E-state index contributed by atoms with van der Waals surface area (Å²) in [6.45, 7) is 0. The van der Waals surface area contributed by atoms with Crippen LogP contribution in [0.5, 0.6) is 0 Å². The van der Waals surface area contributed by atoms with Crippen LogP contribution in [0.4, 0.5) is 0 Å². The summed E-state index contributed by atoms with van der Waals surface area (Å²) in [6.07, 6.45) is 0. The second kappa shape index (κ2) is 9.71. The molecule has 0 fully saturated rings. The summed E-state index contributed by atoms with van der Waals surface area (Å²) < 4.78 is 10.9. The summed E-state index contributed by atoms with van der Waals surface area (Å²) in [5.74, 6) is 0. The Morgan fingerprint density at radius 3 is 1.70 bits per heavy atom. The number of nitrogens with zero attached hydrogens (tertiary/aromatic N) is 3. The predicted octanol–water partition coefficient (Wildman–Crippen LogP) is 11.3. The summed E-state index contributed by atoms with van der Waals surface area (Å²) in [5, 5.41) is 17.8. The molecule has 3 aromatic heterocycles. The van der Waals surface area contributed by atoms with Gasteiger partial charge in [0.1, 0.15) is 17.2 Å². The van der Waals surface area contributed by atoms with Gasteiger partial charge >= 0.3 is 0 Å². The molecule has 0 amide bonds. The Balaban J connectivity index is 1.29. The van der Waals surface area contributed by atoms with Crippen LogP contribution < -0.4 is 0 Å². The molecule has 3 heterocycles. The van der Waals surface area contributed by atoms with Gasteiger partial charge in [0.25, 0.3) is 0 Å². The van der Waals surface area contributed by atoms with E-state index < -0.39 is 0 Å². The van der Waals surface area contributed by atoms with E-state index in [1.807, 2.05) is 12.1 Å². The maximum absolute atomic E-state index is 11.0. The van der Waals surface area contributed by atoms with Crippen LogP contribution in [0.3, 0.4) is 0 Å². The van der Waals surface area contributed by atoms with Crippen molar-refractivity contribution < 1.29 is 4.42 Å². The van der Waals surface area contributed by atoms with Crippen molar-refractivity contribution in [1.29, 1.82) is 5.26 Å². The van der Waals surface area contributed by atoms with E-state index in [0.717, 1.165) is 77.3 Å². The first-order valence-corrected chi connectivity index (χ1v) is 15.8. The average molecular weight is 600 g/mol. The first-order valence-electron chi connectivity index (χ1n) is 15.8. The van der Waals surface area contributed by atoms with E-state index in [1.54, 1.807) is 0 Å². The lowest BCUT2D eigenvalue weighted by atomic mass is 9.96. The molecule has 0 bridgehead atoms. The first-order chi connectivity index (χ1) is 23.3. The Morgan fingerprint density at radius 2 is 0.957 bits per heavy atom. The molecule has 10 aromatic rings. The average Bonchev–Trinajstić information content (AvgIpc) is 3.79. The molecule has 7 aromatic carbocycles. The van der Waals surface area contributed by atoms with Gasteiger partial charge in [-0.2, -0.15) is 5.26 Å². The van der Waals surface area contributed by atoms with Crippen LogP contribution in [-0.4, -0.2) is 9.13 Å². The highest BCUT2D eigenvalue weighted by atomic mass is 16.3. The molecule has 218 valence electrons. The number of para-hydroxylation sites is 5. The van der Waals surface area contributed by atoms with Crippen LogP contribution in [0, 0.1) is 11.3 Å². The first kappa shape index (κ1) is 25.7. The zero-order valence-electron chi connectivity index (χ0n) is 25.2. The second-order valence-electron chi connectivity index (χ2n) is 12.0. The molecule has 0 aliphatic rings. The van der Waals surface area contributed by atoms with E-state index in [4.69, 9.17) is 4.42 Å². The largest absolute Gasteiger partial charge is 0.456 e. The fourth-order valence-corrected chi connectivity index (χ4v) is 7.68. The van der Waals surface area contributed by atoms with E-state index in [0.29, 0.717) is 5.56 Å². The molecule has 0 saturated carbocycles.